The van der Waals surface area contributed by atoms with Crippen molar-refractivity contribution in [3.8, 4) is 0 Å². The second-order valence-corrected chi connectivity index (χ2v) is 7.55. The number of anilines is 2. The van der Waals surface area contributed by atoms with Crippen molar-refractivity contribution in [1.82, 2.24) is 20.4 Å². The maximum Gasteiger partial charge on any atom is 0.227 e. The van der Waals surface area contributed by atoms with E-state index in [-0.39, 0.29) is 0 Å². The number of nitrogens with one attached hydrogen (secondary N) is 1. The van der Waals surface area contributed by atoms with Gasteiger partial charge in [0.2, 0.25) is 5.95 Å². The zero-order valence-corrected chi connectivity index (χ0v) is 16.2. The van der Waals surface area contributed by atoms with Gasteiger partial charge in [0.05, 0.1) is 5.69 Å². The number of nitrogens with zero attached hydrogens (tertiary/aromatic N) is 5. The van der Waals surface area contributed by atoms with E-state index < -0.39 is 0 Å². The van der Waals surface area contributed by atoms with E-state index in [2.05, 4.69) is 33.3 Å². The summed E-state index contributed by atoms with van der Waals surface area (Å²) in [6.45, 7) is 7.16. The van der Waals surface area contributed by atoms with Crippen LogP contribution in [0.15, 0.2) is 22.9 Å². The number of hydrogen-bond donors (Lipinski definition) is 1. The van der Waals surface area contributed by atoms with Crippen molar-refractivity contribution in [2.45, 2.75) is 58.0 Å². The largest absolute Gasteiger partial charge is 0.364 e. The topological polar surface area (TPSA) is 70.3 Å². The minimum Gasteiger partial charge on any atom is -0.364 e. The van der Waals surface area contributed by atoms with Crippen molar-refractivity contribution in [2.75, 3.05) is 36.0 Å². The van der Waals surface area contributed by atoms with Crippen molar-refractivity contribution in [1.29, 1.82) is 0 Å². The Morgan fingerprint density at radius 1 is 1.04 bits per heavy atom. The number of hydrogen-bond acceptors (Lipinski definition) is 7. The lowest BCUT2D eigenvalue weighted by Gasteiger charge is -2.34. The van der Waals surface area contributed by atoms with E-state index in [1.165, 1.54) is 19.3 Å². The molecule has 4 rings (SSSR count). The molecule has 2 aromatic heterocycles. The van der Waals surface area contributed by atoms with Crippen LogP contribution in [-0.4, -0.2) is 47.3 Å². The van der Waals surface area contributed by atoms with Crippen molar-refractivity contribution < 1.29 is 4.52 Å². The molecule has 1 N–H and O–H groups in total. The van der Waals surface area contributed by atoms with Crippen LogP contribution in [-0.2, 0) is 13.0 Å². The maximum absolute atomic E-state index is 4.94. The van der Waals surface area contributed by atoms with Crippen molar-refractivity contribution in [2.24, 2.45) is 0 Å². The molecule has 7 heteroatoms. The van der Waals surface area contributed by atoms with Gasteiger partial charge in [-0.2, -0.15) is 4.98 Å². The first-order valence-electron chi connectivity index (χ1n) is 10.3. The van der Waals surface area contributed by atoms with Crippen LogP contribution in [0.2, 0.25) is 0 Å². The van der Waals surface area contributed by atoms with Gasteiger partial charge in [-0.1, -0.05) is 12.1 Å². The first-order valence-corrected chi connectivity index (χ1v) is 10.3. The molecule has 2 aliphatic rings. The molecule has 146 valence electrons. The highest BCUT2D eigenvalue weighted by Crippen LogP contribution is 2.23. The maximum atomic E-state index is 4.94. The van der Waals surface area contributed by atoms with Crippen molar-refractivity contribution in [3.05, 3.63) is 29.8 Å². The molecule has 2 aliphatic heterocycles. The lowest BCUT2D eigenvalue weighted by Crippen LogP contribution is -2.43. The molecule has 0 aliphatic carbocycles. The Hall–Kier alpha value is -2.15. The van der Waals surface area contributed by atoms with E-state index in [0.29, 0.717) is 6.04 Å². The molecule has 2 aromatic rings. The Bertz CT molecular complexity index is 705. The van der Waals surface area contributed by atoms with Crippen LogP contribution in [0.25, 0.3) is 0 Å². The minimum atomic E-state index is 0.520. The van der Waals surface area contributed by atoms with Gasteiger partial charge in [-0.25, -0.2) is 4.98 Å². The molecular formula is C20H30N6O. The summed E-state index contributed by atoms with van der Waals surface area (Å²) in [6.07, 6.45) is 8.62. The summed E-state index contributed by atoms with van der Waals surface area (Å²) in [5, 5.41) is 7.56. The third-order valence-electron chi connectivity index (χ3n) is 5.64. The van der Waals surface area contributed by atoms with Crippen LogP contribution < -0.4 is 15.1 Å². The molecule has 2 saturated heterocycles. The van der Waals surface area contributed by atoms with Crippen LogP contribution in [0, 0.1) is 0 Å². The lowest BCUT2D eigenvalue weighted by atomic mass is 10.0. The second kappa shape index (κ2) is 8.69. The fourth-order valence-electron chi connectivity index (χ4n) is 3.94. The normalized spacial score (nSPS) is 18.9. The third kappa shape index (κ3) is 4.58. The zero-order chi connectivity index (χ0) is 18.5. The molecule has 0 aromatic carbocycles. The van der Waals surface area contributed by atoms with Gasteiger partial charge in [0.1, 0.15) is 12.1 Å². The monoisotopic (exact) mass is 370 g/mol. The molecule has 27 heavy (non-hydrogen) atoms. The molecule has 4 heterocycles. The fraction of sp³-hybridized carbons (Fsp3) is 0.650. The van der Waals surface area contributed by atoms with E-state index in [1.807, 2.05) is 6.07 Å². The number of aromatic nitrogens is 3. The van der Waals surface area contributed by atoms with E-state index in [0.717, 1.165) is 75.1 Å². The van der Waals surface area contributed by atoms with E-state index >= 15 is 0 Å². The molecule has 0 saturated carbocycles. The zero-order valence-electron chi connectivity index (χ0n) is 16.2. The van der Waals surface area contributed by atoms with Gasteiger partial charge in [-0.15, -0.1) is 0 Å². The van der Waals surface area contributed by atoms with Crippen LogP contribution >= 0.6 is 0 Å². The van der Waals surface area contributed by atoms with Gasteiger partial charge in [-0.05, 0) is 38.5 Å². The average Bonchev–Trinajstić information content (AvgIpc) is 3.26. The first kappa shape index (κ1) is 18.2. The van der Waals surface area contributed by atoms with Crippen LogP contribution in [0.3, 0.4) is 0 Å². The first-order chi connectivity index (χ1) is 13.3. The third-order valence-corrected chi connectivity index (χ3v) is 5.64. The van der Waals surface area contributed by atoms with E-state index in [9.17, 15) is 0 Å². The molecule has 0 atom stereocenters. The standard InChI is InChI=1S/C20H30N6O/c1-2-16-14-19(23-20(22-16)26-9-4-3-5-10-26)25-11-6-17(7-12-25)21-15-18-8-13-27-24-18/h8,13-14,17,21H,2-7,9-12,15H2,1H3. The summed E-state index contributed by atoms with van der Waals surface area (Å²) >= 11 is 0. The smallest absolute Gasteiger partial charge is 0.227 e. The van der Waals surface area contributed by atoms with Crippen LogP contribution in [0.5, 0.6) is 0 Å². The van der Waals surface area contributed by atoms with Gasteiger partial charge in [0.15, 0.2) is 0 Å². The van der Waals surface area contributed by atoms with Crippen LogP contribution in [0.4, 0.5) is 11.8 Å². The number of rotatable bonds is 6. The number of aryl methyl sites for hydroxylation is 1. The molecule has 2 fully saturated rings. The molecule has 0 bridgehead atoms. The Labute approximate surface area is 161 Å². The molecule has 0 amide bonds. The summed E-state index contributed by atoms with van der Waals surface area (Å²) in [5.41, 5.74) is 2.11. The highest BCUT2D eigenvalue weighted by molar-refractivity contribution is 5.46. The fourth-order valence-corrected chi connectivity index (χ4v) is 3.94. The predicted octanol–water partition coefficient (Wildman–Crippen LogP) is 2.78. The Morgan fingerprint density at radius 2 is 1.85 bits per heavy atom. The minimum absolute atomic E-state index is 0.520. The van der Waals surface area contributed by atoms with Gasteiger partial charge in [-0.3, -0.25) is 0 Å². The van der Waals surface area contributed by atoms with Crippen molar-refractivity contribution in [3.63, 3.8) is 0 Å². The summed E-state index contributed by atoms with van der Waals surface area (Å²) < 4.78 is 4.90. The molecular weight excluding hydrogens is 340 g/mol. The summed E-state index contributed by atoms with van der Waals surface area (Å²) in [5.74, 6) is 2.02. The Morgan fingerprint density at radius 3 is 2.56 bits per heavy atom. The molecule has 7 nitrogen and oxygen atoms in total. The average molecular weight is 371 g/mol. The van der Waals surface area contributed by atoms with Gasteiger partial charge in [0.25, 0.3) is 0 Å². The van der Waals surface area contributed by atoms with E-state index in [1.54, 1.807) is 6.26 Å². The van der Waals surface area contributed by atoms with Crippen LogP contribution in [0.1, 0.15) is 50.4 Å². The molecule has 0 unspecified atom stereocenters. The summed E-state index contributed by atoms with van der Waals surface area (Å²) in [4.78, 5) is 14.5. The Balaban J connectivity index is 1.38. The second-order valence-electron chi connectivity index (χ2n) is 7.55. The van der Waals surface area contributed by atoms with Gasteiger partial charge in [0, 0.05) is 56.6 Å². The quantitative estimate of drug-likeness (QED) is 0.838. The van der Waals surface area contributed by atoms with Gasteiger partial charge >= 0.3 is 0 Å². The summed E-state index contributed by atoms with van der Waals surface area (Å²) in [6, 6.07) is 4.61. The van der Waals surface area contributed by atoms with Gasteiger partial charge < -0.3 is 19.6 Å². The van der Waals surface area contributed by atoms with E-state index in [4.69, 9.17) is 14.5 Å². The lowest BCUT2D eigenvalue weighted by molar-refractivity contribution is 0.386. The highest BCUT2D eigenvalue weighted by atomic mass is 16.5. The summed E-state index contributed by atoms with van der Waals surface area (Å²) in [7, 11) is 0. The highest BCUT2D eigenvalue weighted by Gasteiger charge is 2.22. The predicted molar refractivity (Wildman–Crippen MR) is 106 cm³/mol. The van der Waals surface area contributed by atoms with Crippen molar-refractivity contribution >= 4 is 11.8 Å². The Kier molecular flexibility index (Phi) is 5.87. The SMILES string of the molecule is CCc1cc(N2CCC(NCc3ccon3)CC2)nc(N2CCCCC2)n1. The molecule has 0 radical (unpaired) electrons. The molecule has 0 spiro atoms. The number of piperidine rings is 2.